The molecule has 6 nitrogen and oxygen atoms in total. The number of nitrogens with one attached hydrogen (secondary N) is 1. The van der Waals surface area contributed by atoms with Crippen LogP contribution in [-0.4, -0.2) is 53.2 Å². The molecule has 1 saturated heterocycles. The Hall–Kier alpha value is -1.34. The van der Waals surface area contributed by atoms with E-state index in [9.17, 15) is 14.7 Å². The van der Waals surface area contributed by atoms with Gasteiger partial charge in [-0.1, -0.05) is 23.7 Å². The first-order valence-electron chi connectivity index (χ1n) is 7.60. The van der Waals surface area contributed by atoms with E-state index in [-0.39, 0.29) is 37.3 Å². The normalized spacial score (nSPS) is 16.9. The van der Waals surface area contributed by atoms with Crippen LogP contribution < -0.4 is 5.32 Å². The monoisotopic (exact) mass is 376 g/mol. The van der Waals surface area contributed by atoms with Crippen molar-refractivity contribution in [2.45, 2.75) is 18.9 Å². The number of aliphatic hydroxyl groups is 1. The zero-order valence-electron chi connectivity index (χ0n) is 13.2. The first kappa shape index (κ1) is 20.7. The first-order valence-corrected chi connectivity index (χ1v) is 7.98. The van der Waals surface area contributed by atoms with Gasteiger partial charge in [-0.25, -0.2) is 0 Å². The van der Waals surface area contributed by atoms with E-state index in [2.05, 4.69) is 5.32 Å². The number of nitrogens with zero attached hydrogens (tertiary/aromatic N) is 1. The number of carboxylic acid groups (broad SMARTS) is 1. The number of carbonyl (C=O) groups excluding carboxylic acids is 1. The molecule has 0 spiro atoms. The predicted octanol–water partition coefficient (Wildman–Crippen LogP) is 1.71. The zero-order chi connectivity index (χ0) is 16.8. The van der Waals surface area contributed by atoms with Crippen molar-refractivity contribution in [2.24, 2.45) is 5.92 Å². The van der Waals surface area contributed by atoms with Gasteiger partial charge in [0.1, 0.15) is 6.54 Å². The summed E-state index contributed by atoms with van der Waals surface area (Å²) in [5.74, 6) is -1.19. The van der Waals surface area contributed by atoms with Crippen LogP contribution >= 0.6 is 24.0 Å². The number of aliphatic carboxylic acids is 1. The van der Waals surface area contributed by atoms with Crippen LogP contribution in [0.25, 0.3) is 0 Å². The smallest absolute Gasteiger partial charge is 0.322 e. The number of amides is 1. The topological polar surface area (TPSA) is 89.9 Å². The number of hydrogen-bond donors (Lipinski definition) is 3. The van der Waals surface area contributed by atoms with E-state index in [0.29, 0.717) is 18.1 Å². The van der Waals surface area contributed by atoms with Gasteiger partial charge in [0.15, 0.2) is 0 Å². The van der Waals surface area contributed by atoms with Crippen LogP contribution in [0.5, 0.6) is 0 Å². The molecule has 1 aliphatic rings. The second-order valence-electron chi connectivity index (χ2n) is 5.78. The lowest BCUT2D eigenvalue weighted by Crippen LogP contribution is -2.43. The average molecular weight is 377 g/mol. The van der Waals surface area contributed by atoms with Gasteiger partial charge in [0.05, 0.1) is 12.6 Å². The fraction of sp³-hybridized carbons (Fsp3) is 0.500. The van der Waals surface area contributed by atoms with Crippen molar-refractivity contribution in [3.63, 3.8) is 0 Å². The molecule has 1 aromatic rings. The average Bonchev–Trinajstić information content (AvgIpc) is 2.54. The molecule has 0 aromatic heterocycles. The standard InChI is InChI=1S/C16H21ClN2O4.ClH/c17-13-3-1-11(2-4-13)16(23)12-5-7-19(8-6-12)10-14(20)18-9-15(21)22;/h1-4,12,16,23H,5-10H2,(H,18,20)(H,21,22);1H. The SMILES string of the molecule is Cl.O=C(O)CNC(=O)CN1CCC(C(O)c2ccc(Cl)cc2)CC1. The minimum Gasteiger partial charge on any atom is -0.480 e. The zero-order valence-corrected chi connectivity index (χ0v) is 14.7. The molecule has 8 heteroatoms. The molecule has 0 aliphatic carbocycles. The Kier molecular flexibility index (Phi) is 8.48. The van der Waals surface area contributed by atoms with Crippen molar-refractivity contribution in [3.8, 4) is 0 Å². The van der Waals surface area contributed by atoms with Crippen LogP contribution in [0.1, 0.15) is 24.5 Å². The second-order valence-corrected chi connectivity index (χ2v) is 6.22. The maximum Gasteiger partial charge on any atom is 0.322 e. The van der Waals surface area contributed by atoms with Gasteiger partial charge in [-0.05, 0) is 49.5 Å². The number of halogens is 2. The Morgan fingerprint density at radius 1 is 1.25 bits per heavy atom. The number of hydrogen-bond acceptors (Lipinski definition) is 4. The van der Waals surface area contributed by atoms with Crippen molar-refractivity contribution in [1.82, 2.24) is 10.2 Å². The minimum atomic E-state index is -1.05. The summed E-state index contributed by atoms with van der Waals surface area (Å²) in [5.41, 5.74) is 0.854. The Bertz CT molecular complexity index is 546. The Morgan fingerprint density at radius 2 is 1.83 bits per heavy atom. The summed E-state index contributed by atoms with van der Waals surface area (Å²) < 4.78 is 0. The molecule has 24 heavy (non-hydrogen) atoms. The van der Waals surface area contributed by atoms with Gasteiger partial charge in [-0.15, -0.1) is 12.4 Å². The molecule has 1 unspecified atom stereocenters. The van der Waals surface area contributed by atoms with Gasteiger partial charge >= 0.3 is 5.97 Å². The Morgan fingerprint density at radius 3 is 2.38 bits per heavy atom. The van der Waals surface area contributed by atoms with Crippen LogP contribution in [-0.2, 0) is 9.59 Å². The lowest BCUT2D eigenvalue weighted by atomic mass is 9.87. The van der Waals surface area contributed by atoms with Crippen molar-refractivity contribution in [3.05, 3.63) is 34.9 Å². The maximum atomic E-state index is 11.6. The largest absolute Gasteiger partial charge is 0.480 e. The fourth-order valence-electron chi connectivity index (χ4n) is 2.79. The summed E-state index contributed by atoms with van der Waals surface area (Å²) in [7, 11) is 0. The van der Waals surface area contributed by atoms with Crippen LogP contribution in [0, 0.1) is 5.92 Å². The highest BCUT2D eigenvalue weighted by Gasteiger charge is 2.27. The summed E-state index contributed by atoms with van der Waals surface area (Å²) in [6.45, 7) is 1.24. The van der Waals surface area contributed by atoms with E-state index in [1.807, 2.05) is 17.0 Å². The highest BCUT2D eigenvalue weighted by molar-refractivity contribution is 6.30. The van der Waals surface area contributed by atoms with E-state index in [0.717, 1.165) is 18.4 Å². The summed E-state index contributed by atoms with van der Waals surface area (Å²) in [6, 6.07) is 7.20. The molecule has 1 amide bonds. The van der Waals surface area contributed by atoms with E-state index in [1.165, 1.54) is 0 Å². The van der Waals surface area contributed by atoms with Crippen molar-refractivity contribution < 1.29 is 19.8 Å². The van der Waals surface area contributed by atoms with Crippen LogP contribution in [0.3, 0.4) is 0 Å². The highest BCUT2D eigenvalue weighted by Crippen LogP contribution is 2.31. The molecule has 2 rings (SSSR count). The lowest BCUT2D eigenvalue weighted by Gasteiger charge is -2.33. The van der Waals surface area contributed by atoms with E-state index < -0.39 is 12.1 Å². The number of aliphatic hydroxyl groups excluding tert-OH is 1. The number of carbonyl (C=O) groups is 2. The van der Waals surface area contributed by atoms with Crippen molar-refractivity contribution in [2.75, 3.05) is 26.2 Å². The fourth-order valence-corrected chi connectivity index (χ4v) is 2.92. The van der Waals surface area contributed by atoms with Gasteiger partial charge < -0.3 is 15.5 Å². The molecule has 1 fully saturated rings. The number of piperidine rings is 1. The number of carboxylic acids is 1. The molecule has 0 radical (unpaired) electrons. The number of rotatable bonds is 6. The molecule has 1 heterocycles. The molecular weight excluding hydrogens is 355 g/mol. The Labute approximate surface area is 152 Å². The summed E-state index contributed by atoms with van der Waals surface area (Å²) in [6.07, 6.45) is 1.04. The molecule has 1 aliphatic heterocycles. The van der Waals surface area contributed by atoms with Gasteiger partial charge in [-0.2, -0.15) is 0 Å². The first-order chi connectivity index (χ1) is 11.0. The third-order valence-corrected chi connectivity index (χ3v) is 4.35. The Balaban J connectivity index is 0.00000288. The third kappa shape index (κ3) is 6.28. The van der Waals surface area contributed by atoms with Crippen molar-refractivity contribution in [1.29, 1.82) is 0 Å². The molecule has 0 saturated carbocycles. The van der Waals surface area contributed by atoms with E-state index in [1.54, 1.807) is 12.1 Å². The third-order valence-electron chi connectivity index (χ3n) is 4.09. The van der Waals surface area contributed by atoms with Crippen LogP contribution in [0.15, 0.2) is 24.3 Å². The van der Waals surface area contributed by atoms with Gasteiger partial charge in [0.25, 0.3) is 0 Å². The molecule has 0 bridgehead atoms. The van der Waals surface area contributed by atoms with Crippen molar-refractivity contribution >= 4 is 35.9 Å². The number of likely N-dealkylation sites (tertiary alicyclic amines) is 1. The maximum absolute atomic E-state index is 11.6. The van der Waals surface area contributed by atoms with E-state index in [4.69, 9.17) is 16.7 Å². The molecule has 3 N–H and O–H groups in total. The van der Waals surface area contributed by atoms with Crippen LogP contribution in [0.2, 0.25) is 5.02 Å². The molecular formula is C16H22Cl2N2O4. The molecule has 1 aromatic carbocycles. The summed E-state index contributed by atoms with van der Waals surface area (Å²) in [4.78, 5) is 24.0. The summed E-state index contributed by atoms with van der Waals surface area (Å²) >= 11 is 5.85. The van der Waals surface area contributed by atoms with Gasteiger partial charge in [-0.3, -0.25) is 14.5 Å². The second kappa shape index (κ2) is 9.84. The lowest BCUT2D eigenvalue weighted by molar-refractivity contribution is -0.138. The summed E-state index contributed by atoms with van der Waals surface area (Å²) in [5, 5.41) is 22.0. The quantitative estimate of drug-likeness (QED) is 0.702. The van der Waals surface area contributed by atoms with E-state index >= 15 is 0 Å². The molecule has 1 atom stereocenters. The number of benzene rings is 1. The minimum absolute atomic E-state index is 0. The van der Waals surface area contributed by atoms with Gasteiger partial charge in [0.2, 0.25) is 5.91 Å². The molecule has 134 valence electrons. The predicted molar refractivity (Wildman–Crippen MR) is 93.5 cm³/mol. The van der Waals surface area contributed by atoms with Crippen LogP contribution in [0.4, 0.5) is 0 Å². The van der Waals surface area contributed by atoms with Gasteiger partial charge in [0, 0.05) is 5.02 Å². The highest BCUT2D eigenvalue weighted by atomic mass is 35.5.